The van der Waals surface area contributed by atoms with E-state index < -0.39 is 10.0 Å². The van der Waals surface area contributed by atoms with E-state index in [1.807, 2.05) is 0 Å². The van der Waals surface area contributed by atoms with Crippen LogP contribution in [0.2, 0.25) is 5.02 Å². The van der Waals surface area contributed by atoms with Crippen molar-refractivity contribution in [1.29, 1.82) is 0 Å². The quantitative estimate of drug-likeness (QED) is 0.758. The second-order valence-electron chi connectivity index (χ2n) is 4.89. The molecule has 0 bridgehead atoms. The van der Waals surface area contributed by atoms with Crippen LogP contribution in [0.1, 0.15) is 24.8 Å². The van der Waals surface area contributed by atoms with Crippen LogP contribution in [-0.4, -0.2) is 27.5 Å². The highest BCUT2D eigenvalue weighted by Crippen LogP contribution is 2.20. The van der Waals surface area contributed by atoms with Gasteiger partial charge in [0.2, 0.25) is 10.0 Å². The van der Waals surface area contributed by atoms with Gasteiger partial charge in [0, 0.05) is 17.6 Å². The Bertz CT molecular complexity index is 542. The van der Waals surface area contributed by atoms with Crippen LogP contribution in [0.3, 0.4) is 0 Å². The molecule has 1 aromatic carbocycles. The molecule has 0 aromatic heterocycles. The fraction of sp³-hybridized carbons (Fsp3) is 0.538. The molecule has 0 heterocycles. The number of sulfonamides is 1. The first-order chi connectivity index (χ1) is 8.99. The second kappa shape index (κ2) is 6.22. The summed E-state index contributed by atoms with van der Waals surface area (Å²) in [5.74, 6) is 0. The van der Waals surface area contributed by atoms with E-state index in [1.165, 1.54) is 18.9 Å². The number of hydrogen-bond donors (Lipinski definition) is 2. The number of aryl methyl sites for hydroxylation is 1. The van der Waals surface area contributed by atoms with Gasteiger partial charge in [0.15, 0.2) is 0 Å². The van der Waals surface area contributed by atoms with E-state index >= 15 is 0 Å². The zero-order chi connectivity index (χ0) is 13.9. The van der Waals surface area contributed by atoms with Crippen molar-refractivity contribution in [3.8, 4) is 0 Å². The van der Waals surface area contributed by atoms with E-state index in [-0.39, 0.29) is 4.90 Å². The van der Waals surface area contributed by atoms with Gasteiger partial charge >= 0.3 is 0 Å². The maximum atomic E-state index is 12.1. The molecule has 2 rings (SSSR count). The fourth-order valence-corrected chi connectivity index (χ4v) is 3.41. The minimum atomic E-state index is -3.46. The molecule has 0 aliphatic heterocycles. The Morgan fingerprint density at radius 1 is 1.32 bits per heavy atom. The van der Waals surface area contributed by atoms with Crippen LogP contribution < -0.4 is 10.0 Å². The Morgan fingerprint density at radius 3 is 2.74 bits per heavy atom. The van der Waals surface area contributed by atoms with Crippen molar-refractivity contribution in [3.05, 3.63) is 28.8 Å². The number of nitrogens with one attached hydrogen (secondary N) is 2. The van der Waals surface area contributed by atoms with Gasteiger partial charge in [0.25, 0.3) is 0 Å². The summed E-state index contributed by atoms with van der Waals surface area (Å²) in [6.07, 6.45) is 3.27. The number of hydrogen-bond acceptors (Lipinski definition) is 3. The lowest BCUT2D eigenvalue weighted by molar-refractivity contribution is 0.573. The topological polar surface area (TPSA) is 58.2 Å². The Labute approximate surface area is 119 Å². The third-order valence-corrected chi connectivity index (χ3v) is 4.93. The molecule has 106 valence electrons. The molecule has 0 saturated heterocycles. The summed E-state index contributed by atoms with van der Waals surface area (Å²) in [7, 11) is -3.46. The lowest BCUT2D eigenvalue weighted by atomic mass is 10.2. The van der Waals surface area contributed by atoms with Crippen molar-refractivity contribution in [2.45, 2.75) is 37.1 Å². The zero-order valence-corrected chi connectivity index (χ0v) is 12.5. The van der Waals surface area contributed by atoms with Crippen LogP contribution in [0.4, 0.5) is 0 Å². The Kier molecular flexibility index (Phi) is 4.84. The minimum absolute atomic E-state index is 0.259. The van der Waals surface area contributed by atoms with Gasteiger partial charge in [-0.15, -0.1) is 0 Å². The van der Waals surface area contributed by atoms with Crippen molar-refractivity contribution in [3.63, 3.8) is 0 Å². The largest absolute Gasteiger partial charge is 0.314 e. The van der Waals surface area contributed by atoms with Gasteiger partial charge in [-0.25, -0.2) is 13.1 Å². The Hall–Kier alpha value is -0.620. The molecular formula is C13H19ClN2O2S. The molecule has 1 aromatic rings. The molecule has 0 amide bonds. The lowest BCUT2D eigenvalue weighted by Crippen LogP contribution is -2.28. The zero-order valence-electron chi connectivity index (χ0n) is 10.9. The molecule has 4 nitrogen and oxygen atoms in total. The molecule has 0 unspecified atom stereocenters. The first kappa shape index (κ1) is 14.8. The van der Waals surface area contributed by atoms with E-state index in [9.17, 15) is 8.42 Å². The highest BCUT2D eigenvalue weighted by Gasteiger charge is 2.20. The highest BCUT2D eigenvalue weighted by molar-refractivity contribution is 7.89. The van der Waals surface area contributed by atoms with Gasteiger partial charge in [0.1, 0.15) is 0 Å². The van der Waals surface area contributed by atoms with Crippen molar-refractivity contribution in [2.75, 3.05) is 13.1 Å². The monoisotopic (exact) mass is 302 g/mol. The third kappa shape index (κ3) is 4.45. The van der Waals surface area contributed by atoms with E-state index in [0.717, 1.165) is 13.0 Å². The van der Waals surface area contributed by atoms with Crippen molar-refractivity contribution in [2.24, 2.45) is 0 Å². The summed E-state index contributed by atoms with van der Waals surface area (Å²) in [6, 6.07) is 5.55. The average Bonchev–Trinajstić information content (AvgIpc) is 3.15. The van der Waals surface area contributed by atoms with E-state index in [4.69, 9.17) is 11.6 Å². The van der Waals surface area contributed by atoms with E-state index in [1.54, 1.807) is 19.1 Å². The maximum Gasteiger partial charge on any atom is 0.240 e. The van der Waals surface area contributed by atoms with Crippen LogP contribution >= 0.6 is 11.6 Å². The van der Waals surface area contributed by atoms with Gasteiger partial charge in [-0.05, 0) is 50.4 Å². The SMILES string of the molecule is Cc1ccc(Cl)cc1S(=O)(=O)NCCCNC1CC1. The minimum Gasteiger partial charge on any atom is -0.314 e. The molecule has 0 radical (unpaired) electrons. The molecule has 0 atom stereocenters. The molecule has 1 fully saturated rings. The van der Waals surface area contributed by atoms with Gasteiger partial charge in [0.05, 0.1) is 4.90 Å². The maximum absolute atomic E-state index is 12.1. The lowest BCUT2D eigenvalue weighted by Gasteiger charge is -2.10. The summed E-state index contributed by atoms with van der Waals surface area (Å²) in [5, 5.41) is 3.78. The van der Waals surface area contributed by atoms with Crippen LogP contribution in [0, 0.1) is 6.92 Å². The average molecular weight is 303 g/mol. The summed E-state index contributed by atoms with van der Waals surface area (Å²) in [4.78, 5) is 0.259. The second-order valence-corrected chi connectivity index (χ2v) is 7.06. The van der Waals surface area contributed by atoms with E-state index in [0.29, 0.717) is 23.2 Å². The van der Waals surface area contributed by atoms with Crippen molar-refractivity contribution in [1.82, 2.24) is 10.0 Å². The van der Waals surface area contributed by atoms with Crippen LogP contribution in [0.25, 0.3) is 0 Å². The molecule has 6 heteroatoms. The highest BCUT2D eigenvalue weighted by atomic mass is 35.5. The summed E-state index contributed by atoms with van der Waals surface area (Å²) >= 11 is 5.85. The number of halogens is 1. The van der Waals surface area contributed by atoms with Gasteiger partial charge in [-0.1, -0.05) is 17.7 Å². The molecule has 0 spiro atoms. The van der Waals surface area contributed by atoms with Crippen LogP contribution in [-0.2, 0) is 10.0 Å². The number of benzene rings is 1. The molecule has 1 saturated carbocycles. The fourth-order valence-electron chi connectivity index (χ4n) is 1.83. The number of rotatable bonds is 7. The standard InChI is InChI=1S/C13H19ClN2O2S/c1-10-3-4-11(14)9-13(10)19(17,18)16-8-2-7-15-12-5-6-12/h3-4,9,12,15-16H,2,5-8H2,1H3. The summed E-state index contributed by atoms with van der Waals surface area (Å²) < 4.78 is 26.9. The van der Waals surface area contributed by atoms with Gasteiger partial charge < -0.3 is 5.32 Å². The van der Waals surface area contributed by atoms with Crippen molar-refractivity contribution >= 4 is 21.6 Å². The summed E-state index contributed by atoms with van der Waals surface area (Å²) in [6.45, 7) is 3.05. The van der Waals surface area contributed by atoms with Gasteiger partial charge in [-0.2, -0.15) is 0 Å². The first-order valence-corrected chi connectivity index (χ1v) is 8.34. The molecule has 2 N–H and O–H groups in total. The van der Waals surface area contributed by atoms with Crippen LogP contribution in [0.5, 0.6) is 0 Å². The predicted molar refractivity (Wildman–Crippen MR) is 77.0 cm³/mol. The first-order valence-electron chi connectivity index (χ1n) is 6.48. The normalized spacial score (nSPS) is 15.7. The molecule has 1 aliphatic carbocycles. The van der Waals surface area contributed by atoms with Crippen LogP contribution in [0.15, 0.2) is 23.1 Å². The summed E-state index contributed by atoms with van der Waals surface area (Å²) in [5.41, 5.74) is 0.702. The van der Waals surface area contributed by atoms with Crippen molar-refractivity contribution < 1.29 is 8.42 Å². The van der Waals surface area contributed by atoms with E-state index in [2.05, 4.69) is 10.0 Å². The Morgan fingerprint density at radius 2 is 2.05 bits per heavy atom. The molecular weight excluding hydrogens is 284 g/mol. The predicted octanol–water partition coefficient (Wildman–Crippen LogP) is 2.07. The molecule has 1 aliphatic rings. The third-order valence-electron chi connectivity index (χ3n) is 3.10. The smallest absolute Gasteiger partial charge is 0.240 e. The van der Waals surface area contributed by atoms with Gasteiger partial charge in [-0.3, -0.25) is 0 Å². The molecule has 19 heavy (non-hydrogen) atoms. The Balaban J connectivity index is 1.87.